The summed E-state index contributed by atoms with van der Waals surface area (Å²) in [6, 6.07) is 5.86. The Bertz CT molecular complexity index is 550. The molecule has 1 heterocycles. The van der Waals surface area contributed by atoms with E-state index in [2.05, 4.69) is 0 Å². The second-order valence-corrected chi connectivity index (χ2v) is 6.55. The average molecular weight is 288 g/mol. The van der Waals surface area contributed by atoms with Gasteiger partial charge in [0.05, 0.1) is 4.90 Å². The molecular formula is C12H14ClNO3S. The number of halogens is 1. The van der Waals surface area contributed by atoms with Crippen molar-refractivity contribution in [3.63, 3.8) is 0 Å². The Kier molecular flexibility index (Phi) is 4.04. The lowest BCUT2D eigenvalue weighted by atomic mass is 10.2. The summed E-state index contributed by atoms with van der Waals surface area (Å²) in [7, 11) is -3.50. The van der Waals surface area contributed by atoms with E-state index >= 15 is 0 Å². The summed E-state index contributed by atoms with van der Waals surface area (Å²) in [5.41, 5.74) is 0.203. The molecule has 4 nitrogen and oxygen atoms in total. The third kappa shape index (κ3) is 2.74. The van der Waals surface area contributed by atoms with Crippen LogP contribution in [-0.2, 0) is 10.0 Å². The molecule has 6 heteroatoms. The maximum absolute atomic E-state index is 12.3. The number of carbonyl (C=O) groups is 1. The van der Waals surface area contributed by atoms with Crippen LogP contribution in [0.25, 0.3) is 0 Å². The van der Waals surface area contributed by atoms with Crippen molar-refractivity contribution in [2.75, 3.05) is 13.1 Å². The van der Waals surface area contributed by atoms with Crippen LogP contribution in [0.1, 0.15) is 29.6 Å². The summed E-state index contributed by atoms with van der Waals surface area (Å²) in [4.78, 5) is 11.2. The highest BCUT2D eigenvalue weighted by molar-refractivity contribution is 7.89. The lowest BCUT2D eigenvalue weighted by Gasteiger charge is -2.25. The first-order valence-corrected chi connectivity index (χ1v) is 7.63. The van der Waals surface area contributed by atoms with Gasteiger partial charge in [-0.25, -0.2) is 8.42 Å². The van der Waals surface area contributed by atoms with Crippen molar-refractivity contribution in [1.82, 2.24) is 4.31 Å². The molecule has 0 radical (unpaired) electrons. The van der Waals surface area contributed by atoms with Crippen LogP contribution in [0.2, 0.25) is 0 Å². The smallest absolute Gasteiger partial charge is 0.252 e. The SMILES string of the molecule is O=C(Cl)c1cccc(S(=O)(=O)N2CCCCC2)c1. The van der Waals surface area contributed by atoms with Gasteiger partial charge in [0, 0.05) is 18.7 Å². The molecule has 98 valence electrons. The molecule has 1 saturated heterocycles. The van der Waals surface area contributed by atoms with Gasteiger partial charge in [0.2, 0.25) is 10.0 Å². The van der Waals surface area contributed by atoms with Gasteiger partial charge in [0.15, 0.2) is 0 Å². The topological polar surface area (TPSA) is 54.5 Å². The fourth-order valence-electron chi connectivity index (χ4n) is 2.03. The molecule has 1 aliphatic heterocycles. The number of nitrogens with zero attached hydrogens (tertiary/aromatic N) is 1. The number of rotatable bonds is 3. The van der Waals surface area contributed by atoms with Crippen molar-refractivity contribution in [2.45, 2.75) is 24.2 Å². The first-order chi connectivity index (χ1) is 8.51. The molecule has 1 aromatic rings. The molecule has 0 N–H and O–H groups in total. The third-order valence-electron chi connectivity index (χ3n) is 3.01. The Morgan fingerprint density at radius 2 is 1.83 bits per heavy atom. The van der Waals surface area contributed by atoms with Crippen molar-refractivity contribution in [2.24, 2.45) is 0 Å². The molecule has 0 unspecified atom stereocenters. The van der Waals surface area contributed by atoms with Crippen molar-refractivity contribution in [3.05, 3.63) is 29.8 Å². The van der Waals surface area contributed by atoms with Crippen LogP contribution >= 0.6 is 11.6 Å². The molecule has 0 bridgehead atoms. The Morgan fingerprint density at radius 1 is 1.17 bits per heavy atom. The van der Waals surface area contributed by atoms with E-state index in [1.54, 1.807) is 0 Å². The second kappa shape index (κ2) is 5.38. The van der Waals surface area contributed by atoms with Crippen LogP contribution in [0.5, 0.6) is 0 Å². The predicted octanol–water partition coefficient (Wildman–Crippen LogP) is 2.24. The highest BCUT2D eigenvalue weighted by atomic mass is 35.5. The minimum Gasteiger partial charge on any atom is -0.276 e. The quantitative estimate of drug-likeness (QED) is 0.801. The largest absolute Gasteiger partial charge is 0.276 e. The molecule has 0 amide bonds. The standard InChI is InChI=1S/C12H14ClNO3S/c13-12(15)10-5-4-6-11(9-10)18(16,17)14-7-2-1-3-8-14/h4-6,9H,1-3,7-8H2. The van der Waals surface area contributed by atoms with E-state index in [4.69, 9.17) is 11.6 Å². The van der Waals surface area contributed by atoms with E-state index in [1.165, 1.54) is 28.6 Å². The molecule has 0 aromatic heterocycles. The first-order valence-electron chi connectivity index (χ1n) is 5.82. The fraction of sp³-hybridized carbons (Fsp3) is 0.417. The number of benzene rings is 1. The van der Waals surface area contributed by atoms with Crippen molar-refractivity contribution >= 4 is 26.9 Å². The van der Waals surface area contributed by atoms with E-state index in [-0.39, 0.29) is 10.5 Å². The highest BCUT2D eigenvalue weighted by Crippen LogP contribution is 2.21. The van der Waals surface area contributed by atoms with Gasteiger partial charge < -0.3 is 0 Å². The maximum Gasteiger partial charge on any atom is 0.252 e. The van der Waals surface area contributed by atoms with E-state index in [1.807, 2.05) is 0 Å². The molecule has 1 aromatic carbocycles. The number of sulfonamides is 1. The normalized spacial score (nSPS) is 17.6. The number of piperidine rings is 1. The molecule has 2 rings (SSSR count). The lowest BCUT2D eigenvalue weighted by Crippen LogP contribution is -2.35. The van der Waals surface area contributed by atoms with Crippen LogP contribution in [0.3, 0.4) is 0 Å². The van der Waals surface area contributed by atoms with E-state index in [9.17, 15) is 13.2 Å². The minimum absolute atomic E-state index is 0.135. The van der Waals surface area contributed by atoms with Crippen molar-refractivity contribution < 1.29 is 13.2 Å². The first kappa shape index (κ1) is 13.5. The summed E-state index contributed by atoms with van der Waals surface area (Å²) >= 11 is 5.36. The minimum atomic E-state index is -3.50. The van der Waals surface area contributed by atoms with Crippen LogP contribution in [0.4, 0.5) is 0 Å². The summed E-state index contributed by atoms with van der Waals surface area (Å²) < 4.78 is 26.1. The maximum atomic E-state index is 12.3. The van der Waals surface area contributed by atoms with E-state index in [0.29, 0.717) is 13.1 Å². The summed E-state index contributed by atoms with van der Waals surface area (Å²) in [5, 5.41) is -0.648. The van der Waals surface area contributed by atoms with Gasteiger partial charge >= 0.3 is 0 Å². The van der Waals surface area contributed by atoms with Gasteiger partial charge in [-0.15, -0.1) is 0 Å². The average Bonchev–Trinajstić information content (AvgIpc) is 2.40. The summed E-state index contributed by atoms with van der Waals surface area (Å²) in [5.74, 6) is 0. The van der Waals surface area contributed by atoms with Gasteiger partial charge in [0.1, 0.15) is 0 Å². The molecule has 18 heavy (non-hydrogen) atoms. The zero-order valence-corrected chi connectivity index (χ0v) is 11.4. The number of carbonyl (C=O) groups excluding carboxylic acids is 1. The third-order valence-corrected chi connectivity index (χ3v) is 5.13. The van der Waals surface area contributed by atoms with Gasteiger partial charge in [-0.1, -0.05) is 18.6 Å². The highest BCUT2D eigenvalue weighted by Gasteiger charge is 2.26. The number of hydrogen-bond acceptors (Lipinski definition) is 3. The Hall–Kier alpha value is -0.910. The lowest BCUT2D eigenvalue weighted by molar-refractivity contribution is 0.108. The Morgan fingerprint density at radius 3 is 2.44 bits per heavy atom. The summed E-state index contributed by atoms with van der Waals surface area (Å²) in [6.07, 6.45) is 2.83. The molecule has 1 aliphatic rings. The van der Waals surface area contributed by atoms with Crippen molar-refractivity contribution in [1.29, 1.82) is 0 Å². The Labute approximate surface area is 112 Å². The van der Waals surface area contributed by atoms with Crippen molar-refractivity contribution in [3.8, 4) is 0 Å². The second-order valence-electron chi connectivity index (χ2n) is 4.27. The van der Waals surface area contributed by atoms with Gasteiger partial charge in [-0.3, -0.25) is 4.79 Å². The predicted molar refractivity (Wildman–Crippen MR) is 69.2 cm³/mol. The van der Waals surface area contributed by atoms with Crippen LogP contribution in [0.15, 0.2) is 29.2 Å². The van der Waals surface area contributed by atoms with Crippen LogP contribution < -0.4 is 0 Å². The Balaban J connectivity index is 2.34. The molecule has 0 spiro atoms. The zero-order chi connectivity index (χ0) is 13.2. The molecule has 1 fully saturated rings. The van der Waals surface area contributed by atoms with Crippen LogP contribution in [-0.4, -0.2) is 31.1 Å². The van der Waals surface area contributed by atoms with E-state index in [0.717, 1.165) is 19.3 Å². The van der Waals surface area contributed by atoms with Gasteiger partial charge in [-0.2, -0.15) is 4.31 Å². The fourth-order valence-corrected chi connectivity index (χ4v) is 3.71. The monoisotopic (exact) mass is 287 g/mol. The molecule has 0 aliphatic carbocycles. The van der Waals surface area contributed by atoms with Gasteiger partial charge in [0.25, 0.3) is 5.24 Å². The van der Waals surface area contributed by atoms with Gasteiger partial charge in [-0.05, 0) is 36.6 Å². The molecule has 0 saturated carbocycles. The van der Waals surface area contributed by atoms with Crippen LogP contribution in [0, 0.1) is 0 Å². The number of hydrogen-bond donors (Lipinski definition) is 0. The molecule has 0 atom stereocenters. The summed E-state index contributed by atoms with van der Waals surface area (Å²) in [6.45, 7) is 1.09. The molecular weight excluding hydrogens is 274 g/mol. The zero-order valence-electron chi connectivity index (χ0n) is 9.80. The van der Waals surface area contributed by atoms with E-state index < -0.39 is 15.3 Å².